The number of unbranched alkanes of at least 4 members (excludes halogenated alkanes) is 24. The van der Waals surface area contributed by atoms with Gasteiger partial charge in [0.25, 0.3) is 7.82 Å². The molecule has 3 unspecified atom stereocenters. The van der Waals surface area contributed by atoms with Crippen molar-refractivity contribution in [2.24, 2.45) is 0 Å². The van der Waals surface area contributed by atoms with Gasteiger partial charge in [-0.05, 0) is 77.0 Å². The number of quaternary nitrogens is 1. The highest BCUT2D eigenvalue weighted by atomic mass is 31.2. The number of hydrogen-bond donors (Lipinski definition) is 2. The normalized spacial score (nSPS) is 14.7. The number of aliphatic hydroxyl groups is 1. The summed E-state index contributed by atoms with van der Waals surface area (Å²) in [5.74, 6) is -0.221. The van der Waals surface area contributed by atoms with Gasteiger partial charge in [0, 0.05) is 6.42 Å². The predicted molar refractivity (Wildman–Crippen MR) is 261 cm³/mol. The summed E-state index contributed by atoms with van der Waals surface area (Å²) >= 11 is 0. The molecule has 0 rings (SSSR count). The van der Waals surface area contributed by atoms with Crippen molar-refractivity contribution in [1.29, 1.82) is 0 Å². The van der Waals surface area contributed by atoms with E-state index in [0.29, 0.717) is 17.4 Å². The van der Waals surface area contributed by atoms with Gasteiger partial charge in [-0.25, -0.2) is 0 Å². The first-order valence-electron chi connectivity index (χ1n) is 25.2. The zero-order valence-corrected chi connectivity index (χ0v) is 41.2. The van der Waals surface area contributed by atoms with Crippen molar-refractivity contribution >= 4 is 13.7 Å². The van der Waals surface area contributed by atoms with Crippen molar-refractivity contribution in [2.45, 2.75) is 225 Å². The monoisotopic (exact) mass is 877 g/mol. The maximum atomic E-state index is 12.9. The summed E-state index contributed by atoms with van der Waals surface area (Å²) in [7, 11) is 1.22. The lowest BCUT2D eigenvalue weighted by Crippen LogP contribution is -2.45. The lowest BCUT2D eigenvalue weighted by Gasteiger charge is -2.29. The van der Waals surface area contributed by atoms with Gasteiger partial charge in [0.2, 0.25) is 5.91 Å². The molecular weight excluding hydrogens is 780 g/mol. The second-order valence-corrected chi connectivity index (χ2v) is 19.6. The van der Waals surface area contributed by atoms with E-state index in [4.69, 9.17) is 9.05 Å². The van der Waals surface area contributed by atoms with Crippen molar-refractivity contribution in [1.82, 2.24) is 5.32 Å². The Kier molecular flexibility index (Phi) is 42.2. The van der Waals surface area contributed by atoms with Crippen LogP contribution in [0.2, 0.25) is 0 Å². The van der Waals surface area contributed by atoms with E-state index < -0.39 is 26.6 Å². The number of likely N-dealkylation sites (N-methyl/N-ethyl adjacent to an activating group) is 1. The molecule has 9 heteroatoms. The molecule has 0 saturated heterocycles. The molecule has 61 heavy (non-hydrogen) atoms. The SMILES string of the molecule is CCCCC/C=C\C/C=C\CCCCCCCCCC(=O)NC(COP(=O)([O-])OCC[N+](C)(C)C)C(O)/C=C/CC/C=C/CC/C=C/CCCCCCCCCCCCCC. The number of allylic oxidation sites excluding steroid dienone is 9. The smallest absolute Gasteiger partial charge is 0.268 e. The fourth-order valence-corrected chi connectivity index (χ4v) is 7.64. The maximum absolute atomic E-state index is 12.9. The average Bonchev–Trinajstić information content (AvgIpc) is 3.21. The van der Waals surface area contributed by atoms with E-state index in [9.17, 15) is 19.4 Å². The number of nitrogens with zero attached hydrogens (tertiary/aromatic N) is 1. The summed E-state index contributed by atoms with van der Waals surface area (Å²) in [5, 5.41) is 13.8. The number of aliphatic hydroxyl groups excluding tert-OH is 1. The summed E-state index contributed by atoms with van der Waals surface area (Å²) in [6, 6.07) is -0.916. The van der Waals surface area contributed by atoms with E-state index in [1.807, 2.05) is 27.2 Å². The summed E-state index contributed by atoms with van der Waals surface area (Å²) in [5.41, 5.74) is 0. The molecule has 0 aliphatic carbocycles. The van der Waals surface area contributed by atoms with Crippen LogP contribution in [0.3, 0.4) is 0 Å². The molecule has 0 aromatic rings. The van der Waals surface area contributed by atoms with E-state index >= 15 is 0 Å². The van der Waals surface area contributed by atoms with E-state index in [1.54, 1.807) is 6.08 Å². The van der Waals surface area contributed by atoms with Gasteiger partial charge in [-0.1, -0.05) is 190 Å². The molecule has 3 atom stereocenters. The molecule has 0 aliphatic rings. The van der Waals surface area contributed by atoms with Crippen LogP contribution in [0.25, 0.3) is 0 Å². The highest BCUT2D eigenvalue weighted by molar-refractivity contribution is 7.45. The molecule has 0 heterocycles. The number of phosphoric acid groups is 1. The van der Waals surface area contributed by atoms with Crippen LogP contribution in [-0.2, 0) is 18.4 Å². The zero-order valence-electron chi connectivity index (χ0n) is 40.4. The van der Waals surface area contributed by atoms with E-state index in [-0.39, 0.29) is 12.5 Å². The number of nitrogens with one attached hydrogen (secondary N) is 1. The van der Waals surface area contributed by atoms with Gasteiger partial charge in [0.05, 0.1) is 39.9 Å². The van der Waals surface area contributed by atoms with Crippen LogP contribution < -0.4 is 10.2 Å². The van der Waals surface area contributed by atoms with Crippen LogP contribution in [-0.4, -0.2) is 68.5 Å². The quantitative estimate of drug-likeness (QED) is 0.0273. The second-order valence-electron chi connectivity index (χ2n) is 18.1. The van der Waals surface area contributed by atoms with Crippen LogP contribution in [0.15, 0.2) is 60.8 Å². The topological polar surface area (TPSA) is 108 Å². The lowest BCUT2D eigenvalue weighted by atomic mass is 10.0. The van der Waals surface area contributed by atoms with Crippen LogP contribution in [0.5, 0.6) is 0 Å². The van der Waals surface area contributed by atoms with Crippen molar-refractivity contribution < 1.29 is 32.9 Å². The minimum atomic E-state index is -4.61. The Morgan fingerprint density at radius 3 is 1.46 bits per heavy atom. The maximum Gasteiger partial charge on any atom is 0.268 e. The Balaban J connectivity index is 4.43. The summed E-state index contributed by atoms with van der Waals surface area (Å²) in [6.45, 7) is 4.59. The second kappa shape index (κ2) is 43.5. The highest BCUT2D eigenvalue weighted by Crippen LogP contribution is 2.38. The predicted octanol–water partition coefficient (Wildman–Crippen LogP) is 14.0. The van der Waals surface area contributed by atoms with Gasteiger partial charge in [-0.2, -0.15) is 0 Å². The Labute approximate surface area is 377 Å². The largest absolute Gasteiger partial charge is 0.756 e. The first kappa shape index (κ1) is 59.2. The van der Waals surface area contributed by atoms with E-state index in [2.05, 4.69) is 67.8 Å². The van der Waals surface area contributed by atoms with Gasteiger partial charge >= 0.3 is 0 Å². The molecule has 0 fully saturated rings. The fourth-order valence-electron chi connectivity index (χ4n) is 6.92. The van der Waals surface area contributed by atoms with Crippen LogP contribution >= 0.6 is 7.82 Å². The van der Waals surface area contributed by atoms with Gasteiger partial charge in [0.15, 0.2) is 0 Å². The van der Waals surface area contributed by atoms with Crippen LogP contribution in [0, 0.1) is 0 Å². The third kappa shape index (κ3) is 46.0. The minimum absolute atomic E-state index is 0.0127. The molecule has 356 valence electrons. The molecule has 0 radical (unpaired) electrons. The summed E-state index contributed by atoms with van der Waals surface area (Å²) in [6.07, 6.45) is 57.1. The van der Waals surface area contributed by atoms with E-state index in [1.165, 1.54) is 128 Å². The van der Waals surface area contributed by atoms with Gasteiger partial charge in [0.1, 0.15) is 13.2 Å². The fraction of sp³-hybridized carbons (Fsp3) is 0.788. The van der Waals surface area contributed by atoms with Crippen LogP contribution in [0.4, 0.5) is 0 Å². The van der Waals surface area contributed by atoms with Crippen molar-refractivity contribution in [3.05, 3.63) is 60.8 Å². The Morgan fingerprint density at radius 2 is 0.967 bits per heavy atom. The molecular formula is C52H97N2O6P. The average molecular weight is 877 g/mol. The molecule has 0 saturated carbocycles. The number of carbonyl (C=O) groups excluding carboxylic acids is 1. The lowest BCUT2D eigenvalue weighted by molar-refractivity contribution is -0.870. The summed E-state index contributed by atoms with van der Waals surface area (Å²) in [4.78, 5) is 25.4. The molecule has 0 aromatic heterocycles. The molecule has 2 N–H and O–H groups in total. The van der Waals surface area contributed by atoms with Crippen molar-refractivity contribution in [2.75, 3.05) is 40.9 Å². The molecule has 1 amide bonds. The molecule has 0 spiro atoms. The molecule has 0 aliphatic heterocycles. The highest BCUT2D eigenvalue weighted by Gasteiger charge is 2.23. The third-order valence-corrected chi connectivity index (χ3v) is 11.9. The molecule has 8 nitrogen and oxygen atoms in total. The molecule has 0 bridgehead atoms. The standard InChI is InChI=1S/C52H97N2O6P/c1-6-8-10-12-14-16-18-20-22-24-25-26-27-28-30-31-33-35-37-39-41-43-45-51(55)50(49-60-61(57,58)59-48-47-54(3,4)5)53-52(56)46-44-42-40-38-36-34-32-29-23-21-19-17-15-13-11-9-7-2/h15,17,21,23,28,30,35,37,43,45,50-51,55H,6-14,16,18-20,22,24-27,29,31-34,36,38-42,44,46-49H2,1-5H3,(H-,53,56,57,58)/b17-15-,23-21-,30-28+,37-35+,45-43+. The number of carbonyl (C=O) groups is 1. The Bertz CT molecular complexity index is 1180. The van der Waals surface area contributed by atoms with Crippen molar-refractivity contribution in [3.63, 3.8) is 0 Å². The number of hydrogen-bond acceptors (Lipinski definition) is 6. The minimum Gasteiger partial charge on any atom is -0.756 e. The number of phosphoric ester groups is 1. The summed E-state index contributed by atoms with van der Waals surface area (Å²) < 4.78 is 23.2. The number of amides is 1. The van der Waals surface area contributed by atoms with Crippen molar-refractivity contribution in [3.8, 4) is 0 Å². The Hall–Kier alpha value is -1.80. The van der Waals surface area contributed by atoms with Gasteiger partial charge in [-0.15, -0.1) is 0 Å². The first-order valence-corrected chi connectivity index (χ1v) is 26.6. The van der Waals surface area contributed by atoms with E-state index in [0.717, 1.165) is 64.2 Å². The first-order chi connectivity index (χ1) is 29.5. The third-order valence-electron chi connectivity index (χ3n) is 10.9. The molecule has 0 aromatic carbocycles. The van der Waals surface area contributed by atoms with Crippen LogP contribution in [0.1, 0.15) is 213 Å². The number of rotatable bonds is 45. The van der Waals surface area contributed by atoms with Gasteiger partial charge < -0.3 is 28.8 Å². The zero-order chi connectivity index (χ0) is 45.0. The van der Waals surface area contributed by atoms with Gasteiger partial charge in [-0.3, -0.25) is 9.36 Å². The Morgan fingerprint density at radius 1 is 0.574 bits per heavy atom.